The third-order valence-electron chi connectivity index (χ3n) is 2.43. The van der Waals surface area contributed by atoms with Gasteiger partial charge in [-0.2, -0.15) is 0 Å². The van der Waals surface area contributed by atoms with Crippen molar-refractivity contribution in [2.75, 3.05) is 13.1 Å². The van der Waals surface area contributed by atoms with Crippen molar-refractivity contribution in [2.45, 2.75) is 19.3 Å². The molecule has 0 aromatic rings. The van der Waals surface area contributed by atoms with Gasteiger partial charge in [-0.1, -0.05) is 6.08 Å². The molecule has 2 fully saturated rings. The van der Waals surface area contributed by atoms with E-state index in [-0.39, 0.29) is 5.91 Å². The van der Waals surface area contributed by atoms with Crippen LogP contribution < -0.4 is 5.73 Å². The predicted octanol–water partition coefficient (Wildman–Crippen LogP) is 0.471. The molecule has 12 heavy (non-hydrogen) atoms. The van der Waals surface area contributed by atoms with Gasteiger partial charge in [0.25, 0.3) is 5.91 Å². The lowest BCUT2D eigenvalue weighted by Gasteiger charge is -2.30. The Hall–Kier alpha value is -0.990. The minimum Gasteiger partial charge on any atom is -0.395 e. The van der Waals surface area contributed by atoms with Crippen LogP contribution in [0.2, 0.25) is 0 Å². The molecular weight excluding hydrogens is 152 g/mol. The first-order valence-electron chi connectivity index (χ1n) is 4.54. The Bertz CT molecular complexity index is 227. The van der Waals surface area contributed by atoms with Crippen LogP contribution in [0.5, 0.6) is 0 Å². The van der Waals surface area contributed by atoms with Gasteiger partial charge in [-0.3, -0.25) is 4.79 Å². The average molecular weight is 166 g/mol. The van der Waals surface area contributed by atoms with Gasteiger partial charge in [-0.25, -0.2) is 0 Å². The predicted molar refractivity (Wildman–Crippen MR) is 46.2 cm³/mol. The average Bonchev–Trinajstić information content (AvgIpc) is 2.67. The monoisotopic (exact) mass is 166 g/mol. The number of rotatable bonds is 2. The van der Waals surface area contributed by atoms with Crippen LogP contribution in [0.15, 0.2) is 11.8 Å². The zero-order chi connectivity index (χ0) is 8.55. The molecule has 0 radical (unpaired) electrons. The highest BCUT2D eigenvalue weighted by Crippen LogP contribution is 2.31. The lowest BCUT2D eigenvalue weighted by molar-refractivity contribution is -0.130. The van der Waals surface area contributed by atoms with E-state index in [0.717, 1.165) is 19.5 Å². The van der Waals surface area contributed by atoms with E-state index in [1.165, 1.54) is 12.8 Å². The fourth-order valence-corrected chi connectivity index (χ4v) is 1.29. The molecule has 2 N–H and O–H groups in total. The molecule has 66 valence electrons. The minimum atomic E-state index is 0.0353. The number of carbonyl (C=O) groups is 1. The topological polar surface area (TPSA) is 46.3 Å². The molecule has 2 aliphatic rings. The first-order valence-corrected chi connectivity index (χ1v) is 4.54. The second kappa shape index (κ2) is 2.81. The van der Waals surface area contributed by atoms with Crippen molar-refractivity contribution in [2.24, 2.45) is 11.7 Å². The van der Waals surface area contributed by atoms with Crippen molar-refractivity contribution < 1.29 is 4.79 Å². The van der Waals surface area contributed by atoms with E-state index in [2.05, 4.69) is 0 Å². The van der Waals surface area contributed by atoms with Crippen LogP contribution in [0.4, 0.5) is 0 Å². The van der Waals surface area contributed by atoms with Crippen LogP contribution in [0.25, 0.3) is 0 Å². The molecule has 1 amide bonds. The molecule has 0 spiro atoms. The molecule has 1 saturated carbocycles. The summed E-state index contributed by atoms with van der Waals surface area (Å²) < 4.78 is 0. The molecule has 0 aromatic heterocycles. The van der Waals surface area contributed by atoms with Crippen molar-refractivity contribution in [1.82, 2.24) is 4.90 Å². The maximum atomic E-state index is 11.4. The van der Waals surface area contributed by atoms with Crippen LogP contribution in [-0.4, -0.2) is 23.9 Å². The number of hydrogen-bond donors (Lipinski definition) is 1. The number of carbonyl (C=O) groups excluding carboxylic acids is 1. The van der Waals surface area contributed by atoms with Crippen LogP contribution in [0, 0.1) is 5.92 Å². The molecule has 2 rings (SSSR count). The number of amides is 1. The van der Waals surface area contributed by atoms with Crippen molar-refractivity contribution in [3.63, 3.8) is 0 Å². The second-order valence-corrected chi connectivity index (χ2v) is 3.61. The van der Waals surface area contributed by atoms with E-state index in [0.29, 0.717) is 11.6 Å². The Labute approximate surface area is 72.2 Å². The SMILES string of the molecule is NC(=CC1CC1)C(=O)N1CCC1. The summed E-state index contributed by atoms with van der Waals surface area (Å²) in [5.74, 6) is 0.628. The van der Waals surface area contributed by atoms with Gasteiger partial charge >= 0.3 is 0 Å². The van der Waals surface area contributed by atoms with E-state index >= 15 is 0 Å². The van der Waals surface area contributed by atoms with E-state index in [4.69, 9.17) is 5.73 Å². The van der Waals surface area contributed by atoms with E-state index in [9.17, 15) is 4.79 Å². The zero-order valence-corrected chi connectivity index (χ0v) is 7.12. The number of hydrogen-bond acceptors (Lipinski definition) is 2. The lowest BCUT2D eigenvalue weighted by Crippen LogP contribution is -2.44. The molecular formula is C9H14N2O. The third kappa shape index (κ3) is 1.44. The van der Waals surface area contributed by atoms with E-state index in [1.807, 2.05) is 6.08 Å². The van der Waals surface area contributed by atoms with Gasteiger partial charge in [0.05, 0.1) is 5.70 Å². The van der Waals surface area contributed by atoms with Gasteiger partial charge in [-0.05, 0) is 25.2 Å². The Morgan fingerprint density at radius 1 is 1.42 bits per heavy atom. The highest BCUT2D eigenvalue weighted by molar-refractivity contribution is 5.92. The fraction of sp³-hybridized carbons (Fsp3) is 0.667. The van der Waals surface area contributed by atoms with Gasteiger partial charge in [-0.15, -0.1) is 0 Å². The van der Waals surface area contributed by atoms with Crippen molar-refractivity contribution in [3.8, 4) is 0 Å². The quantitative estimate of drug-likeness (QED) is 0.606. The van der Waals surface area contributed by atoms with Gasteiger partial charge < -0.3 is 10.6 Å². The van der Waals surface area contributed by atoms with Gasteiger partial charge in [0.15, 0.2) is 0 Å². The molecule has 1 aliphatic heterocycles. The lowest BCUT2D eigenvalue weighted by atomic mass is 10.2. The molecule has 0 aromatic carbocycles. The Morgan fingerprint density at radius 3 is 2.50 bits per heavy atom. The molecule has 1 saturated heterocycles. The first kappa shape index (κ1) is 7.65. The van der Waals surface area contributed by atoms with Crippen LogP contribution in [0.3, 0.4) is 0 Å². The summed E-state index contributed by atoms with van der Waals surface area (Å²) in [6.45, 7) is 1.77. The molecule has 3 heteroatoms. The number of nitrogens with zero attached hydrogens (tertiary/aromatic N) is 1. The minimum absolute atomic E-state index is 0.0353. The van der Waals surface area contributed by atoms with Crippen LogP contribution >= 0.6 is 0 Å². The Morgan fingerprint density at radius 2 is 2.08 bits per heavy atom. The largest absolute Gasteiger partial charge is 0.395 e. The van der Waals surface area contributed by atoms with Gasteiger partial charge in [0, 0.05) is 13.1 Å². The van der Waals surface area contributed by atoms with Gasteiger partial charge in [0.2, 0.25) is 0 Å². The van der Waals surface area contributed by atoms with Crippen LogP contribution in [0.1, 0.15) is 19.3 Å². The summed E-state index contributed by atoms with van der Waals surface area (Å²) in [6.07, 6.45) is 5.45. The summed E-state index contributed by atoms with van der Waals surface area (Å²) in [5, 5.41) is 0. The highest BCUT2D eigenvalue weighted by atomic mass is 16.2. The van der Waals surface area contributed by atoms with Crippen molar-refractivity contribution in [1.29, 1.82) is 0 Å². The normalized spacial score (nSPS) is 23.7. The summed E-state index contributed by atoms with van der Waals surface area (Å²) in [7, 11) is 0. The van der Waals surface area contributed by atoms with E-state index in [1.54, 1.807) is 4.90 Å². The fourth-order valence-electron chi connectivity index (χ4n) is 1.29. The summed E-state index contributed by atoms with van der Waals surface area (Å²) in [4.78, 5) is 13.2. The maximum absolute atomic E-state index is 11.4. The first-order chi connectivity index (χ1) is 5.77. The van der Waals surface area contributed by atoms with Crippen molar-refractivity contribution >= 4 is 5.91 Å². The van der Waals surface area contributed by atoms with Crippen molar-refractivity contribution in [3.05, 3.63) is 11.8 Å². The summed E-state index contributed by atoms with van der Waals surface area (Å²) >= 11 is 0. The number of nitrogens with two attached hydrogens (primary N) is 1. The molecule has 1 heterocycles. The summed E-state index contributed by atoms with van der Waals surface area (Å²) in [6, 6.07) is 0. The highest BCUT2D eigenvalue weighted by Gasteiger charge is 2.25. The molecule has 0 atom stereocenters. The molecule has 1 aliphatic carbocycles. The second-order valence-electron chi connectivity index (χ2n) is 3.61. The molecule has 3 nitrogen and oxygen atoms in total. The molecule has 0 unspecified atom stereocenters. The molecule has 0 bridgehead atoms. The number of allylic oxidation sites excluding steroid dienone is 1. The zero-order valence-electron chi connectivity index (χ0n) is 7.12. The van der Waals surface area contributed by atoms with Gasteiger partial charge in [0.1, 0.15) is 0 Å². The maximum Gasteiger partial charge on any atom is 0.269 e. The Kier molecular flexibility index (Phi) is 1.79. The summed E-state index contributed by atoms with van der Waals surface area (Å²) in [5.41, 5.74) is 6.09. The van der Waals surface area contributed by atoms with E-state index < -0.39 is 0 Å². The van der Waals surface area contributed by atoms with Crippen LogP contribution in [-0.2, 0) is 4.79 Å². The smallest absolute Gasteiger partial charge is 0.269 e. The Balaban J connectivity index is 1.92. The number of likely N-dealkylation sites (tertiary alicyclic amines) is 1. The third-order valence-corrected chi connectivity index (χ3v) is 2.43. The standard InChI is InChI=1S/C9H14N2O/c10-8(6-7-2-3-7)9(12)11-4-1-5-11/h6-7H,1-5,10H2.